The van der Waals surface area contributed by atoms with Crippen molar-refractivity contribution in [2.45, 2.75) is 38.3 Å². The Morgan fingerprint density at radius 2 is 2.11 bits per heavy atom. The Labute approximate surface area is 105 Å². The zero-order valence-corrected chi connectivity index (χ0v) is 10.2. The minimum atomic E-state index is -1.40. The fourth-order valence-electron chi connectivity index (χ4n) is 2.04. The number of ether oxygens (including phenoxy) is 1. The number of rotatable bonds is 5. The van der Waals surface area contributed by atoms with Gasteiger partial charge in [-0.1, -0.05) is 6.42 Å². The van der Waals surface area contributed by atoms with Crippen LogP contribution in [0.2, 0.25) is 0 Å². The maximum absolute atomic E-state index is 11.7. The highest BCUT2D eigenvalue weighted by Crippen LogP contribution is 2.25. The van der Waals surface area contributed by atoms with Crippen LogP contribution in [0.25, 0.3) is 0 Å². The Kier molecular flexibility index (Phi) is 5.08. The summed E-state index contributed by atoms with van der Waals surface area (Å²) in [6.45, 7) is 1.75. The Morgan fingerprint density at radius 1 is 1.44 bits per heavy atom. The van der Waals surface area contributed by atoms with Crippen molar-refractivity contribution in [2.75, 3.05) is 6.61 Å². The molecule has 1 fully saturated rings. The molecule has 7 nitrogen and oxygen atoms in total. The molecule has 0 aliphatic heterocycles. The molecule has 1 amide bonds. The van der Waals surface area contributed by atoms with Gasteiger partial charge in [-0.2, -0.15) is 0 Å². The summed E-state index contributed by atoms with van der Waals surface area (Å²) in [5, 5.41) is 11.5. The molecule has 0 bridgehead atoms. The molecule has 1 aliphatic rings. The maximum Gasteiger partial charge on any atom is 0.332 e. The minimum Gasteiger partial charge on any atom is -0.481 e. The molecule has 102 valence electrons. The molecule has 0 aromatic carbocycles. The Bertz CT molecular complexity index is 344. The van der Waals surface area contributed by atoms with E-state index in [1.165, 1.54) is 0 Å². The molecule has 1 saturated carbocycles. The third-order valence-electron chi connectivity index (χ3n) is 2.98. The van der Waals surface area contributed by atoms with Gasteiger partial charge in [-0.05, 0) is 19.8 Å². The number of amides is 1. The molecular formula is C11H18N2O5. The SMILES string of the molecule is CCOC(=O)C(N)C(=O)NC1CCCC1C(=O)O. The number of hydrogen-bond donors (Lipinski definition) is 3. The number of esters is 1. The van der Waals surface area contributed by atoms with Crippen molar-refractivity contribution in [1.82, 2.24) is 5.32 Å². The van der Waals surface area contributed by atoms with Crippen LogP contribution in [0, 0.1) is 5.92 Å². The molecule has 7 heteroatoms. The molecule has 0 heterocycles. The van der Waals surface area contributed by atoms with E-state index in [1.54, 1.807) is 6.92 Å². The summed E-state index contributed by atoms with van der Waals surface area (Å²) >= 11 is 0. The van der Waals surface area contributed by atoms with Crippen LogP contribution in [0.3, 0.4) is 0 Å². The molecular weight excluding hydrogens is 240 g/mol. The lowest BCUT2D eigenvalue weighted by atomic mass is 10.0. The first-order chi connectivity index (χ1) is 8.47. The Balaban J connectivity index is 2.53. The molecule has 3 atom stereocenters. The van der Waals surface area contributed by atoms with E-state index in [-0.39, 0.29) is 6.61 Å². The average molecular weight is 258 g/mol. The molecule has 0 aromatic rings. The fourth-order valence-corrected chi connectivity index (χ4v) is 2.04. The summed E-state index contributed by atoms with van der Waals surface area (Å²) in [7, 11) is 0. The van der Waals surface area contributed by atoms with E-state index in [0.717, 1.165) is 6.42 Å². The minimum absolute atomic E-state index is 0.140. The summed E-state index contributed by atoms with van der Waals surface area (Å²) in [6.07, 6.45) is 1.84. The second-order valence-electron chi connectivity index (χ2n) is 4.22. The first-order valence-electron chi connectivity index (χ1n) is 5.92. The molecule has 1 rings (SSSR count). The summed E-state index contributed by atoms with van der Waals surface area (Å²) in [5.74, 6) is -3.04. The predicted octanol–water partition coefficient (Wildman–Crippen LogP) is -0.754. The summed E-state index contributed by atoms with van der Waals surface area (Å²) in [6, 6.07) is -1.87. The summed E-state index contributed by atoms with van der Waals surface area (Å²) < 4.78 is 4.62. The number of carbonyl (C=O) groups is 3. The van der Waals surface area contributed by atoms with Gasteiger partial charge in [0.05, 0.1) is 12.5 Å². The van der Waals surface area contributed by atoms with Gasteiger partial charge in [-0.3, -0.25) is 9.59 Å². The quantitative estimate of drug-likeness (QED) is 0.441. The molecule has 0 radical (unpaired) electrons. The summed E-state index contributed by atoms with van der Waals surface area (Å²) in [4.78, 5) is 33.8. The first-order valence-corrected chi connectivity index (χ1v) is 5.92. The number of carbonyl (C=O) groups excluding carboxylic acids is 2. The van der Waals surface area contributed by atoms with E-state index in [0.29, 0.717) is 12.8 Å². The number of nitrogens with one attached hydrogen (secondary N) is 1. The van der Waals surface area contributed by atoms with Crippen LogP contribution < -0.4 is 11.1 Å². The molecule has 1 aliphatic carbocycles. The van der Waals surface area contributed by atoms with Crippen LogP contribution in [-0.2, 0) is 19.1 Å². The highest BCUT2D eigenvalue weighted by molar-refractivity contribution is 6.01. The molecule has 0 aromatic heterocycles. The number of nitrogens with two attached hydrogens (primary N) is 1. The van der Waals surface area contributed by atoms with Crippen molar-refractivity contribution >= 4 is 17.8 Å². The van der Waals surface area contributed by atoms with Gasteiger partial charge >= 0.3 is 11.9 Å². The van der Waals surface area contributed by atoms with Crippen LogP contribution in [0.15, 0.2) is 0 Å². The van der Waals surface area contributed by atoms with Crippen molar-refractivity contribution in [3.05, 3.63) is 0 Å². The van der Waals surface area contributed by atoms with Gasteiger partial charge in [0.1, 0.15) is 0 Å². The van der Waals surface area contributed by atoms with Gasteiger partial charge in [0.15, 0.2) is 6.04 Å². The molecule has 0 saturated heterocycles. The molecule has 3 unspecified atom stereocenters. The highest BCUT2D eigenvalue weighted by atomic mass is 16.5. The van der Waals surface area contributed by atoms with Gasteiger partial charge in [-0.15, -0.1) is 0 Å². The predicted molar refractivity (Wildman–Crippen MR) is 61.5 cm³/mol. The smallest absolute Gasteiger partial charge is 0.332 e. The average Bonchev–Trinajstić information content (AvgIpc) is 2.76. The van der Waals surface area contributed by atoms with Crippen LogP contribution in [0.5, 0.6) is 0 Å². The second kappa shape index (κ2) is 6.34. The van der Waals surface area contributed by atoms with E-state index >= 15 is 0 Å². The Morgan fingerprint density at radius 3 is 2.67 bits per heavy atom. The lowest BCUT2D eigenvalue weighted by molar-refractivity contribution is -0.148. The van der Waals surface area contributed by atoms with Crippen molar-refractivity contribution in [3.63, 3.8) is 0 Å². The first kappa shape index (κ1) is 14.4. The topological polar surface area (TPSA) is 119 Å². The summed E-state index contributed by atoms with van der Waals surface area (Å²) in [5.41, 5.74) is 5.41. The van der Waals surface area contributed by atoms with Crippen LogP contribution in [0.4, 0.5) is 0 Å². The van der Waals surface area contributed by atoms with Gasteiger partial charge in [0, 0.05) is 6.04 Å². The number of carboxylic acids is 1. The fraction of sp³-hybridized carbons (Fsp3) is 0.727. The van der Waals surface area contributed by atoms with E-state index in [9.17, 15) is 14.4 Å². The second-order valence-corrected chi connectivity index (χ2v) is 4.22. The lowest BCUT2D eigenvalue weighted by Crippen LogP contribution is -2.51. The number of hydrogen-bond acceptors (Lipinski definition) is 5. The largest absolute Gasteiger partial charge is 0.481 e. The van der Waals surface area contributed by atoms with Gasteiger partial charge in [-0.25, -0.2) is 4.79 Å². The Hall–Kier alpha value is -1.63. The van der Waals surface area contributed by atoms with Gasteiger partial charge in [0.25, 0.3) is 0 Å². The standard InChI is InChI=1S/C11H18N2O5/c1-2-18-11(17)8(12)9(14)13-7-5-3-4-6(7)10(15)16/h6-8H,2-5,12H2,1H3,(H,13,14)(H,15,16). The number of carboxylic acid groups (broad SMARTS) is 1. The van der Waals surface area contributed by atoms with Crippen molar-refractivity contribution in [1.29, 1.82) is 0 Å². The number of aliphatic carboxylic acids is 1. The maximum atomic E-state index is 11.7. The normalized spacial score (nSPS) is 24.3. The lowest BCUT2D eigenvalue weighted by Gasteiger charge is -2.19. The van der Waals surface area contributed by atoms with Crippen LogP contribution >= 0.6 is 0 Å². The van der Waals surface area contributed by atoms with Crippen LogP contribution in [0.1, 0.15) is 26.2 Å². The van der Waals surface area contributed by atoms with Crippen molar-refractivity contribution < 1.29 is 24.2 Å². The third kappa shape index (κ3) is 3.43. The van der Waals surface area contributed by atoms with Crippen molar-refractivity contribution in [3.8, 4) is 0 Å². The van der Waals surface area contributed by atoms with E-state index in [4.69, 9.17) is 10.8 Å². The zero-order valence-electron chi connectivity index (χ0n) is 10.2. The van der Waals surface area contributed by atoms with E-state index < -0.39 is 35.8 Å². The molecule has 4 N–H and O–H groups in total. The van der Waals surface area contributed by atoms with Crippen LogP contribution in [-0.4, -0.2) is 41.6 Å². The third-order valence-corrected chi connectivity index (χ3v) is 2.98. The molecule has 18 heavy (non-hydrogen) atoms. The zero-order chi connectivity index (χ0) is 13.7. The van der Waals surface area contributed by atoms with E-state index in [1.807, 2.05) is 0 Å². The van der Waals surface area contributed by atoms with Gasteiger partial charge < -0.3 is 20.9 Å². The van der Waals surface area contributed by atoms with E-state index in [2.05, 4.69) is 10.1 Å². The molecule has 0 spiro atoms. The van der Waals surface area contributed by atoms with Crippen molar-refractivity contribution in [2.24, 2.45) is 11.7 Å². The highest BCUT2D eigenvalue weighted by Gasteiger charge is 2.35. The van der Waals surface area contributed by atoms with Gasteiger partial charge in [0.2, 0.25) is 5.91 Å². The monoisotopic (exact) mass is 258 g/mol.